The first-order chi connectivity index (χ1) is 13.3. The third-order valence-electron chi connectivity index (χ3n) is 4.28. The molecule has 2 aromatic carbocycles. The molecule has 6 nitrogen and oxygen atoms in total. The van der Waals surface area contributed by atoms with Crippen molar-refractivity contribution in [1.29, 1.82) is 0 Å². The van der Waals surface area contributed by atoms with Crippen LogP contribution in [0, 0.1) is 0 Å². The zero-order chi connectivity index (χ0) is 20.3. The van der Waals surface area contributed by atoms with E-state index in [1.165, 1.54) is 0 Å². The molecule has 0 radical (unpaired) electrons. The first kappa shape index (κ1) is 19.9. The summed E-state index contributed by atoms with van der Waals surface area (Å²) >= 11 is 5.89. The van der Waals surface area contributed by atoms with E-state index in [-0.39, 0.29) is 30.4 Å². The number of carbonyl (C=O) groups excluding carboxylic acids is 2. The fraction of sp³-hybridized carbons (Fsp3) is 0.286. The lowest BCUT2D eigenvalue weighted by atomic mass is 10.2. The van der Waals surface area contributed by atoms with Gasteiger partial charge in [-0.1, -0.05) is 23.7 Å². The molecular formula is C21H23ClN4O2. The molecule has 0 aliphatic carbocycles. The molecule has 2 N–H and O–H groups in total. The molecule has 0 aliphatic rings. The molecule has 0 aliphatic heterocycles. The minimum atomic E-state index is -0.387. The number of imidazole rings is 1. The van der Waals surface area contributed by atoms with E-state index in [1.807, 2.05) is 49.6 Å². The number of halogens is 1. The molecule has 0 spiro atoms. The van der Waals surface area contributed by atoms with Gasteiger partial charge in [0, 0.05) is 16.6 Å². The maximum Gasteiger partial charge on any atom is 0.251 e. The van der Waals surface area contributed by atoms with Crippen LogP contribution in [0.4, 0.5) is 0 Å². The normalized spacial score (nSPS) is 12.2. The van der Waals surface area contributed by atoms with Gasteiger partial charge in [-0.3, -0.25) is 9.59 Å². The van der Waals surface area contributed by atoms with Crippen molar-refractivity contribution in [1.82, 2.24) is 20.2 Å². The highest BCUT2D eigenvalue weighted by Gasteiger charge is 2.20. The van der Waals surface area contributed by atoms with E-state index in [4.69, 9.17) is 11.6 Å². The van der Waals surface area contributed by atoms with Gasteiger partial charge in [-0.25, -0.2) is 4.98 Å². The fourth-order valence-corrected chi connectivity index (χ4v) is 3.17. The van der Waals surface area contributed by atoms with Crippen molar-refractivity contribution < 1.29 is 9.59 Å². The third-order valence-corrected chi connectivity index (χ3v) is 4.53. The summed E-state index contributed by atoms with van der Waals surface area (Å²) in [6, 6.07) is 14.0. The smallest absolute Gasteiger partial charge is 0.251 e. The van der Waals surface area contributed by atoms with Crippen molar-refractivity contribution in [3.8, 4) is 0 Å². The lowest BCUT2D eigenvalue weighted by molar-refractivity contribution is -0.122. The lowest BCUT2D eigenvalue weighted by Crippen LogP contribution is -2.34. The second-order valence-corrected chi connectivity index (χ2v) is 7.41. The van der Waals surface area contributed by atoms with Crippen LogP contribution < -0.4 is 10.6 Å². The number of amides is 2. The van der Waals surface area contributed by atoms with Crippen LogP contribution in [-0.4, -0.2) is 27.4 Å². The molecule has 1 heterocycles. The molecule has 7 heteroatoms. The highest BCUT2D eigenvalue weighted by molar-refractivity contribution is 6.30. The number of fused-ring (bicyclic) bond motifs is 1. The highest BCUT2D eigenvalue weighted by atomic mass is 35.5. The molecule has 2 amide bonds. The van der Waals surface area contributed by atoms with Crippen molar-refractivity contribution in [3.05, 3.63) is 64.9 Å². The number of benzene rings is 2. The second kappa shape index (κ2) is 8.44. The molecule has 1 atom stereocenters. The van der Waals surface area contributed by atoms with Gasteiger partial charge in [-0.2, -0.15) is 0 Å². The van der Waals surface area contributed by atoms with Crippen LogP contribution in [0.3, 0.4) is 0 Å². The van der Waals surface area contributed by atoms with Crippen molar-refractivity contribution in [2.24, 2.45) is 0 Å². The van der Waals surface area contributed by atoms with Gasteiger partial charge in [0.05, 0.1) is 17.1 Å². The Labute approximate surface area is 168 Å². The maximum atomic E-state index is 12.6. The van der Waals surface area contributed by atoms with Crippen LogP contribution in [-0.2, 0) is 11.3 Å². The third kappa shape index (κ3) is 4.51. The Morgan fingerprint density at radius 1 is 1.04 bits per heavy atom. The van der Waals surface area contributed by atoms with E-state index in [1.54, 1.807) is 24.3 Å². The first-order valence-electron chi connectivity index (χ1n) is 9.16. The van der Waals surface area contributed by atoms with Gasteiger partial charge in [-0.15, -0.1) is 0 Å². The van der Waals surface area contributed by atoms with Gasteiger partial charge >= 0.3 is 0 Å². The quantitative estimate of drug-likeness (QED) is 0.664. The van der Waals surface area contributed by atoms with Crippen LogP contribution in [0.5, 0.6) is 0 Å². The molecule has 146 valence electrons. The van der Waals surface area contributed by atoms with Gasteiger partial charge in [-0.05, 0) is 57.2 Å². The van der Waals surface area contributed by atoms with Crippen molar-refractivity contribution in [2.75, 3.05) is 0 Å². The Morgan fingerprint density at radius 2 is 1.71 bits per heavy atom. The minimum Gasteiger partial charge on any atom is -0.352 e. The monoisotopic (exact) mass is 398 g/mol. The first-order valence-corrected chi connectivity index (χ1v) is 9.54. The van der Waals surface area contributed by atoms with Crippen LogP contribution in [0.2, 0.25) is 5.02 Å². The van der Waals surface area contributed by atoms with E-state index in [2.05, 4.69) is 15.6 Å². The van der Waals surface area contributed by atoms with Gasteiger partial charge < -0.3 is 15.2 Å². The molecule has 1 aromatic heterocycles. The second-order valence-electron chi connectivity index (χ2n) is 6.97. The molecule has 3 aromatic rings. The van der Waals surface area contributed by atoms with Crippen molar-refractivity contribution >= 4 is 34.4 Å². The number of carbonyl (C=O) groups is 2. The molecular weight excluding hydrogens is 376 g/mol. The zero-order valence-electron chi connectivity index (χ0n) is 16.1. The summed E-state index contributed by atoms with van der Waals surface area (Å²) in [5, 5.41) is 6.42. The summed E-state index contributed by atoms with van der Waals surface area (Å²) < 4.78 is 1.85. The summed E-state index contributed by atoms with van der Waals surface area (Å²) in [6.07, 6.45) is 0. The van der Waals surface area contributed by atoms with Crippen LogP contribution in [0.1, 0.15) is 43.0 Å². The molecule has 1 unspecified atom stereocenters. The van der Waals surface area contributed by atoms with E-state index < -0.39 is 0 Å². The average molecular weight is 399 g/mol. The zero-order valence-corrected chi connectivity index (χ0v) is 16.8. The molecule has 0 saturated heterocycles. The SMILES string of the molecule is CC(C)NC(=O)Cn1c(C(C)NC(=O)c2ccc(Cl)cc2)nc2ccccc21. The van der Waals surface area contributed by atoms with Crippen LogP contribution >= 0.6 is 11.6 Å². The fourth-order valence-electron chi connectivity index (χ4n) is 3.05. The predicted molar refractivity (Wildman–Crippen MR) is 110 cm³/mol. The minimum absolute atomic E-state index is 0.0489. The van der Waals surface area contributed by atoms with E-state index in [9.17, 15) is 9.59 Å². The van der Waals surface area contributed by atoms with Crippen molar-refractivity contribution in [3.63, 3.8) is 0 Å². The van der Waals surface area contributed by atoms with E-state index in [0.717, 1.165) is 11.0 Å². The summed E-state index contributed by atoms with van der Waals surface area (Å²) in [6.45, 7) is 5.82. The molecule has 3 rings (SSSR count). The Kier molecular flexibility index (Phi) is 5.99. The largest absolute Gasteiger partial charge is 0.352 e. The number of para-hydroxylation sites is 2. The highest BCUT2D eigenvalue weighted by Crippen LogP contribution is 2.21. The molecule has 0 bridgehead atoms. The Bertz CT molecular complexity index is 995. The number of hydrogen-bond acceptors (Lipinski definition) is 3. The Morgan fingerprint density at radius 3 is 2.39 bits per heavy atom. The summed E-state index contributed by atoms with van der Waals surface area (Å²) in [4.78, 5) is 29.6. The Balaban J connectivity index is 1.88. The number of rotatable bonds is 6. The maximum absolute atomic E-state index is 12.6. The molecule has 28 heavy (non-hydrogen) atoms. The van der Waals surface area contributed by atoms with Crippen LogP contribution in [0.25, 0.3) is 11.0 Å². The number of nitrogens with zero attached hydrogens (tertiary/aromatic N) is 2. The van der Waals surface area contributed by atoms with Gasteiger partial charge in [0.2, 0.25) is 5.91 Å². The molecule has 0 fully saturated rings. The number of nitrogens with one attached hydrogen (secondary N) is 2. The van der Waals surface area contributed by atoms with Gasteiger partial charge in [0.15, 0.2) is 0 Å². The molecule has 0 saturated carbocycles. The average Bonchev–Trinajstić information content (AvgIpc) is 3.00. The standard InChI is InChI=1S/C21H23ClN4O2/c1-13(2)23-19(27)12-26-18-7-5-4-6-17(18)25-20(26)14(3)24-21(28)15-8-10-16(22)11-9-15/h4-11,13-14H,12H2,1-3H3,(H,23,27)(H,24,28). The summed E-state index contributed by atoms with van der Waals surface area (Å²) in [7, 11) is 0. The number of aromatic nitrogens is 2. The van der Waals surface area contributed by atoms with Gasteiger partial charge in [0.1, 0.15) is 12.4 Å². The lowest BCUT2D eigenvalue weighted by Gasteiger charge is -2.17. The predicted octanol–water partition coefficient (Wildman–Crippen LogP) is 3.71. The van der Waals surface area contributed by atoms with E-state index in [0.29, 0.717) is 16.4 Å². The topological polar surface area (TPSA) is 76.0 Å². The Hall–Kier alpha value is -2.86. The summed E-state index contributed by atoms with van der Waals surface area (Å²) in [5.41, 5.74) is 2.14. The van der Waals surface area contributed by atoms with E-state index >= 15 is 0 Å². The summed E-state index contributed by atoms with van der Waals surface area (Å²) in [5.74, 6) is 0.299. The van der Waals surface area contributed by atoms with Gasteiger partial charge in [0.25, 0.3) is 5.91 Å². The van der Waals surface area contributed by atoms with Crippen LogP contribution in [0.15, 0.2) is 48.5 Å². The van der Waals surface area contributed by atoms with Crippen molar-refractivity contribution in [2.45, 2.75) is 39.4 Å². The number of hydrogen-bond donors (Lipinski definition) is 2.